The lowest BCUT2D eigenvalue weighted by molar-refractivity contribution is -0.130. The van der Waals surface area contributed by atoms with E-state index < -0.39 is 10.0 Å². The summed E-state index contributed by atoms with van der Waals surface area (Å²) in [6.07, 6.45) is 1.71. The number of sulfonamides is 1. The molecule has 1 aliphatic heterocycles. The highest BCUT2D eigenvalue weighted by Crippen LogP contribution is 2.37. The number of carbonyl (C=O) groups excluding carboxylic acids is 1. The molecule has 132 valence electrons. The van der Waals surface area contributed by atoms with Crippen LogP contribution >= 0.6 is 11.3 Å². The first kappa shape index (κ1) is 17.6. The number of carbonyl (C=O) groups is 1. The molecular weight excluding hydrogens is 358 g/mol. The minimum atomic E-state index is -3.35. The molecule has 3 rings (SSSR count). The van der Waals surface area contributed by atoms with Gasteiger partial charge in [0, 0.05) is 23.9 Å². The molecule has 6 nitrogen and oxygen atoms in total. The number of benzene rings is 1. The smallest absolute Gasteiger partial charge is 0.240 e. The zero-order valence-electron chi connectivity index (χ0n) is 14.2. The Balaban J connectivity index is 1.93. The van der Waals surface area contributed by atoms with Crippen molar-refractivity contribution in [2.45, 2.75) is 26.3 Å². The second kappa shape index (κ2) is 6.61. The van der Waals surface area contributed by atoms with Crippen LogP contribution in [0.4, 0.5) is 5.69 Å². The molecule has 25 heavy (non-hydrogen) atoms. The Kier molecular flexibility index (Phi) is 4.66. The molecule has 1 amide bonds. The van der Waals surface area contributed by atoms with Crippen LogP contribution in [0.1, 0.15) is 35.4 Å². The first-order valence-electron chi connectivity index (χ1n) is 7.74. The number of amides is 1. The summed E-state index contributed by atoms with van der Waals surface area (Å²) >= 11 is 1.62. The molecule has 1 atom stereocenters. The van der Waals surface area contributed by atoms with Crippen molar-refractivity contribution in [1.82, 2.24) is 5.01 Å². The first-order chi connectivity index (χ1) is 11.7. The predicted octanol–water partition coefficient (Wildman–Crippen LogP) is 3.13. The molecule has 1 N–H and O–H groups in total. The number of hydrogen-bond donors (Lipinski definition) is 1. The van der Waals surface area contributed by atoms with Crippen LogP contribution in [0.25, 0.3) is 0 Å². The zero-order chi connectivity index (χ0) is 18.2. The molecule has 8 heteroatoms. The number of thiophene rings is 1. The van der Waals surface area contributed by atoms with Gasteiger partial charge < -0.3 is 0 Å². The zero-order valence-corrected chi connectivity index (χ0v) is 15.8. The second-order valence-electron chi connectivity index (χ2n) is 6.05. The van der Waals surface area contributed by atoms with E-state index >= 15 is 0 Å². The number of nitrogens with one attached hydrogen (secondary N) is 1. The van der Waals surface area contributed by atoms with Crippen molar-refractivity contribution < 1.29 is 13.2 Å². The Morgan fingerprint density at radius 2 is 2.12 bits per heavy atom. The Bertz CT molecular complexity index is 948. The molecule has 0 saturated carbocycles. The topological polar surface area (TPSA) is 78.8 Å². The minimum Gasteiger partial charge on any atom is -0.284 e. The van der Waals surface area contributed by atoms with E-state index in [0.717, 1.165) is 28.0 Å². The van der Waals surface area contributed by atoms with E-state index in [2.05, 4.69) is 9.82 Å². The lowest BCUT2D eigenvalue weighted by Crippen LogP contribution is -2.24. The summed E-state index contributed by atoms with van der Waals surface area (Å²) in [5, 5.41) is 8.03. The van der Waals surface area contributed by atoms with Gasteiger partial charge in [0.2, 0.25) is 15.9 Å². The molecule has 1 aromatic heterocycles. The van der Waals surface area contributed by atoms with Crippen LogP contribution in [0.2, 0.25) is 0 Å². The van der Waals surface area contributed by atoms with Gasteiger partial charge in [0.15, 0.2) is 0 Å². The quantitative estimate of drug-likeness (QED) is 0.889. The Labute approximate surface area is 151 Å². The van der Waals surface area contributed by atoms with Gasteiger partial charge in [-0.1, -0.05) is 12.1 Å². The molecule has 1 aliphatic rings. The molecule has 0 aliphatic carbocycles. The summed E-state index contributed by atoms with van der Waals surface area (Å²) in [4.78, 5) is 13.2. The van der Waals surface area contributed by atoms with Crippen molar-refractivity contribution in [2.24, 2.45) is 5.10 Å². The highest BCUT2D eigenvalue weighted by molar-refractivity contribution is 7.92. The molecule has 0 fully saturated rings. The van der Waals surface area contributed by atoms with Crippen LogP contribution in [-0.4, -0.2) is 31.3 Å². The molecule has 0 radical (unpaired) electrons. The lowest BCUT2D eigenvalue weighted by Gasteiger charge is -2.19. The van der Waals surface area contributed by atoms with Gasteiger partial charge in [-0.15, -0.1) is 11.3 Å². The van der Waals surface area contributed by atoms with Gasteiger partial charge in [-0.2, -0.15) is 5.10 Å². The SMILES string of the molecule is CC(=O)N1N=C(c2cccc(NS(C)(=O)=O)c2)C[C@@H]1c1sccc1C. The Morgan fingerprint density at radius 3 is 2.72 bits per heavy atom. The van der Waals surface area contributed by atoms with E-state index in [1.54, 1.807) is 29.5 Å². The average Bonchev–Trinajstić information content (AvgIpc) is 3.11. The van der Waals surface area contributed by atoms with E-state index in [0.29, 0.717) is 12.1 Å². The predicted molar refractivity (Wildman–Crippen MR) is 100 cm³/mol. The average molecular weight is 377 g/mol. The highest BCUT2D eigenvalue weighted by atomic mass is 32.2. The summed E-state index contributed by atoms with van der Waals surface area (Å²) in [5.41, 5.74) is 3.19. The fraction of sp³-hybridized carbons (Fsp3) is 0.294. The fourth-order valence-electron chi connectivity index (χ4n) is 2.88. The van der Waals surface area contributed by atoms with Crippen molar-refractivity contribution in [3.63, 3.8) is 0 Å². The van der Waals surface area contributed by atoms with Crippen LogP contribution in [0.5, 0.6) is 0 Å². The van der Waals surface area contributed by atoms with E-state index in [-0.39, 0.29) is 11.9 Å². The maximum absolute atomic E-state index is 12.0. The molecular formula is C17H19N3O3S2. The summed E-state index contributed by atoms with van der Waals surface area (Å²) in [5.74, 6) is -0.113. The third kappa shape index (κ3) is 3.91. The molecule has 2 heterocycles. The third-order valence-corrected chi connectivity index (χ3v) is 5.66. The number of hydrazone groups is 1. The van der Waals surface area contributed by atoms with Gasteiger partial charge in [0.1, 0.15) is 0 Å². The Hall–Kier alpha value is -2.19. The van der Waals surface area contributed by atoms with Crippen LogP contribution in [0.15, 0.2) is 40.8 Å². The number of hydrogen-bond acceptors (Lipinski definition) is 5. The minimum absolute atomic E-state index is 0.112. The maximum atomic E-state index is 12.0. The largest absolute Gasteiger partial charge is 0.284 e. The summed E-state index contributed by atoms with van der Waals surface area (Å²) in [7, 11) is -3.35. The van der Waals surface area contributed by atoms with Gasteiger partial charge in [0.05, 0.1) is 18.0 Å². The van der Waals surface area contributed by atoms with Gasteiger partial charge in [-0.25, -0.2) is 13.4 Å². The molecule has 1 aromatic carbocycles. The Morgan fingerprint density at radius 1 is 1.36 bits per heavy atom. The first-order valence-corrected chi connectivity index (χ1v) is 10.5. The number of rotatable bonds is 4. The van der Waals surface area contributed by atoms with Gasteiger partial charge in [0.25, 0.3) is 0 Å². The standard InChI is InChI=1S/C17H19N3O3S2/c1-11-7-8-24-17(11)16-10-15(18-20(16)12(2)21)13-5-4-6-14(9-13)19-25(3,22)23/h4-9,16,19H,10H2,1-3H3/t16-/m1/s1. The van der Waals surface area contributed by atoms with Crippen LogP contribution in [-0.2, 0) is 14.8 Å². The monoisotopic (exact) mass is 377 g/mol. The fourth-order valence-corrected chi connectivity index (χ4v) is 4.45. The van der Waals surface area contributed by atoms with E-state index in [1.165, 1.54) is 11.9 Å². The van der Waals surface area contributed by atoms with Crippen LogP contribution in [0.3, 0.4) is 0 Å². The van der Waals surface area contributed by atoms with E-state index in [4.69, 9.17) is 0 Å². The third-order valence-electron chi connectivity index (χ3n) is 3.94. The number of aryl methyl sites for hydroxylation is 1. The number of nitrogens with zero attached hydrogens (tertiary/aromatic N) is 2. The molecule has 0 bridgehead atoms. The van der Waals surface area contributed by atoms with Gasteiger partial charge in [-0.3, -0.25) is 9.52 Å². The summed E-state index contributed by atoms with van der Waals surface area (Å²) in [6.45, 7) is 3.53. The summed E-state index contributed by atoms with van der Waals surface area (Å²) in [6, 6.07) is 8.99. The summed E-state index contributed by atoms with van der Waals surface area (Å²) < 4.78 is 25.3. The van der Waals surface area contributed by atoms with Gasteiger partial charge >= 0.3 is 0 Å². The highest BCUT2D eigenvalue weighted by Gasteiger charge is 2.33. The molecule has 0 spiro atoms. The molecule has 0 saturated heterocycles. The van der Waals surface area contributed by atoms with Crippen molar-refractivity contribution in [1.29, 1.82) is 0 Å². The second-order valence-corrected chi connectivity index (χ2v) is 8.75. The normalized spacial score (nSPS) is 17.5. The van der Waals surface area contributed by atoms with Gasteiger partial charge in [-0.05, 0) is 41.6 Å². The molecule has 2 aromatic rings. The van der Waals surface area contributed by atoms with Crippen molar-refractivity contribution in [3.05, 3.63) is 51.7 Å². The van der Waals surface area contributed by atoms with Crippen molar-refractivity contribution in [3.8, 4) is 0 Å². The molecule has 0 unspecified atom stereocenters. The van der Waals surface area contributed by atoms with E-state index in [9.17, 15) is 13.2 Å². The van der Waals surface area contributed by atoms with Crippen LogP contribution in [0, 0.1) is 6.92 Å². The van der Waals surface area contributed by atoms with Crippen molar-refractivity contribution >= 4 is 38.7 Å². The lowest BCUT2D eigenvalue weighted by atomic mass is 10.0. The van der Waals surface area contributed by atoms with Crippen molar-refractivity contribution in [2.75, 3.05) is 11.0 Å². The van der Waals surface area contributed by atoms with Crippen LogP contribution < -0.4 is 4.72 Å². The maximum Gasteiger partial charge on any atom is 0.240 e. The number of anilines is 1. The van der Waals surface area contributed by atoms with E-state index in [1.807, 2.05) is 24.4 Å².